The van der Waals surface area contributed by atoms with Gasteiger partial charge in [0.05, 0.1) is 37.8 Å². The number of nitrogens with zero attached hydrogens (tertiary/aromatic N) is 2. The lowest BCUT2D eigenvalue weighted by atomic mass is 10.1. The van der Waals surface area contributed by atoms with E-state index in [9.17, 15) is 4.79 Å². The normalized spacial score (nSPS) is 14.8. The van der Waals surface area contributed by atoms with Crippen LogP contribution in [0.15, 0.2) is 78.3 Å². The fraction of sp³-hybridized carbons (Fsp3) is 0.160. The number of aromatic nitrogens is 1. The van der Waals surface area contributed by atoms with Crippen LogP contribution in [0.1, 0.15) is 22.2 Å². The number of urea groups is 1. The molecule has 0 saturated heterocycles. The molecular weight excluding hydrogens is 422 g/mol. The number of carbonyl (C=O) groups is 1. The first-order valence-electron chi connectivity index (χ1n) is 10.3. The summed E-state index contributed by atoms with van der Waals surface area (Å²) in [5.41, 5.74) is 3.78. The Kier molecular flexibility index (Phi) is 5.33. The number of methoxy groups -OCH3 is 2. The third-order valence-electron chi connectivity index (χ3n) is 5.69. The number of rotatable bonds is 4. The third kappa shape index (κ3) is 3.50. The van der Waals surface area contributed by atoms with Gasteiger partial charge in [-0.3, -0.25) is 0 Å². The molecule has 0 fully saturated rings. The molecule has 2 amide bonds. The van der Waals surface area contributed by atoms with Crippen molar-refractivity contribution in [2.45, 2.75) is 12.6 Å². The first kappa shape index (κ1) is 20.2. The molecule has 0 aliphatic carbocycles. The van der Waals surface area contributed by atoms with Gasteiger partial charge < -0.3 is 24.3 Å². The van der Waals surface area contributed by atoms with Gasteiger partial charge in [0.2, 0.25) is 0 Å². The van der Waals surface area contributed by atoms with E-state index in [1.54, 1.807) is 43.8 Å². The number of benzene rings is 2. The first-order chi connectivity index (χ1) is 15.7. The number of amides is 2. The molecule has 0 spiro atoms. The van der Waals surface area contributed by atoms with Crippen LogP contribution in [0.4, 0.5) is 10.5 Å². The van der Waals surface area contributed by atoms with Crippen molar-refractivity contribution in [2.75, 3.05) is 19.5 Å². The molecule has 0 bridgehead atoms. The zero-order chi connectivity index (χ0) is 22.1. The molecule has 0 saturated carbocycles. The maximum absolute atomic E-state index is 13.7. The Morgan fingerprint density at radius 2 is 1.91 bits per heavy atom. The molecule has 7 heteroatoms. The van der Waals surface area contributed by atoms with Crippen molar-refractivity contribution in [3.05, 3.63) is 94.4 Å². The molecule has 1 aliphatic heterocycles. The largest absolute Gasteiger partial charge is 0.497 e. The van der Waals surface area contributed by atoms with Crippen molar-refractivity contribution in [2.24, 2.45) is 0 Å². The quantitative estimate of drug-likeness (QED) is 0.439. The molecule has 0 radical (unpaired) electrons. The highest BCUT2D eigenvalue weighted by atomic mass is 32.1. The van der Waals surface area contributed by atoms with E-state index >= 15 is 0 Å². The van der Waals surface area contributed by atoms with Crippen molar-refractivity contribution < 1.29 is 14.3 Å². The minimum atomic E-state index is -0.228. The lowest BCUT2D eigenvalue weighted by Crippen LogP contribution is -2.37. The molecule has 162 valence electrons. The Morgan fingerprint density at radius 3 is 2.69 bits per heavy atom. The fourth-order valence-corrected chi connectivity index (χ4v) is 5.03. The summed E-state index contributed by atoms with van der Waals surface area (Å²) in [7, 11) is 3.18. The molecule has 2 aromatic heterocycles. The van der Waals surface area contributed by atoms with Crippen LogP contribution < -0.4 is 14.8 Å². The Hall–Kier alpha value is -3.71. The van der Waals surface area contributed by atoms with Gasteiger partial charge in [-0.15, -0.1) is 11.3 Å². The molecule has 3 heterocycles. The molecular formula is C25H23N3O3S. The van der Waals surface area contributed by atoms with Crippen LogP contribution in [0.25, 0.3) is 5.69 Å². The minimum absolute atomic E-state index is 0.209. The van der Waals surface area contributed by atoms with Gasteiger partial charge in [-0.2, -0.15) is 0 Å². The Bertz CT molecular complexity index is 1250. The van der Waals surface area contributed by atoms with E-state index < -0.39 is 0 Å². The van der Waals surface area contributed by atoms with Crippen molar-refractivity contribution in [3.63, 3.8) is 0 Å². The number of ether oxygens (including phenoxy) is 2. The average Bonchev–Trinajstić information content (AvgIpc) is 3.50. The second kappa shape index (κ2) is 8.43. The van der Waals surface area contributed by atoms with Gasteiger partial charge in [-0.25, -0.2) is 4.79 Å². The molecule has 5 rings (SSSR count). The Morgan fingerprint density at radius 1 is 1.03 bits per heavy atom. The minimum Gasteiger partial charge on any atom is -0.497 e. The van der Waals surface area contributed by atoms with Gasteiger partial charge in [-0.1, -0.05) is 24.3 Å². The van der Waals surface area contributed by atoms with Gasteiger partial charge in [0, 0.05) is 17.1 Å². The second-order valence-corrected chi connectivity index (χ2v) is 8.45. The van der Waals surface area contributed by atoms with E-state index in [2.05, 4.69) is 40.3 Å². The summed E-state index contributed by atoms with van der Waals surface area (Å²) >= 11 is 1.65. The molecule has 1 atom stereocenters. The maximum atomic E-state index is 13.7. The monoisotopic (exact) mass is 445 g/mol. The van der Waals surface area contributed by atoms with Crippen molar-refractivity contribution >= 4 is 23.1 Å². The summed E-state index contributed by atoms with van der Waals surface area (Å²) in [5, 5.41) is 5.10. The summed E-state index contributed by atoms with van der Waals surface area (Å²) in [4.78, 5) is 16.7. The molecule has 0 unspecified atom stereocenters. The Labute approximate surface area is 190 Å². The van der Waals surface area contributed by atoms with Crippen LogP contribution >= 0.6 is 11.3 Å². The van der Waals surface area contributed by atoms with Crippen molar-refractivity contribution in [3.8, 4) is 17.2 Å². The van der Waals surface area contributed by atoms with Crippen LogP contribution in [-0.4, -0.2) is 29.7 Å². The molecule has 6 nitrogen and oxygen atoms in total. The standard InChI is InChI=1S/C25H23N3O3S/c1-30-18-11-12-22(31-2)19(15-18)26-25(29)28-16-17-7-3-4-8-20(17)27-13-5-9-21(27)24(28)23-10-6-14-32-23/h3-15,24H,16H2,1-2H3,(H,26,29)/t24-/m1/s1. The number of nitrogens with one attached hydrogen (secondary N) is 1. The average molecular weight is 446 g/mol. The lowest BCUT2D eigenvalue weighted by molar-refractivity contribution is 0.195. The summed E-state index contributed by atoms with van der Waals surface area (Å²) in [6.07, 6.45) is 2.06. The van der Waals surface area contributed by atoms with Gasteiger partial charge in [-0.05, 0) is 47.3 Å². The number of fused-ring (bicyclic) bond motifs is 3. The predicted molar refractivity (Wildman–Crippen MR) is 126 cm³/mol. The van der Waals surface area contributed by atoms with Crippen LogP contribution in [-0.2, 0) is 6.54 Å². The Balaban J connectivity index is 1.60. The number of hydrogen-bond donors (Lipinski definition) is 1. The zero-order valence-electron chi connectivity index (χ0n) is 17.8. The lowest BCUT2D eigenvalue weighted by Gasteiger charge is -2.30. The van der Waals surface area contributed by atoms with E-state index in [0.29, 0.717) is 23.7 Å². The van der Waals surface area contributed by atoms with Gasteiger partial charge >= 0.3 is 6.03 Å². The fourth-order valence-electron chi connectivity index (χ4n) is 4.18. The van der Waals surface area contributed by atoms with Crippen LogP contribution in [0.2, 0.25) is 0 Å². The summed E-state index contributed by atoms with van der Waals surface area (Å²) < 4.78 is 13.0. The molecule has 1 aliphatic rings. The van der Waals surface area contributed by atoms with Crippen LogP contribution in [0.3, 0.4) is 0 Å². The van der Waals surface area contributed by atoms with E-state index in [4.69, 9.17) is 9.47 Å². The van der Waals surface area contributed by atoms with E-state index in [0.717, 1.165) is 21.8 Å². The predicted octanol–water partition coefficient (Wildman–Crippen LogP) is 5.69. The smallest absolute Gasteiger partial charge is 0.323 e. The third-order valence-corrected chi connectivity index (χ3v) is 6.61. The van der Waals surface area contributed by atoms with Gasteiger partial charge in [0.1, 0.15) is 17.5 Å². The van der Waals surface area contributed by atoms with E-state index in [-0.39, 0.29) is 12.1 Å². The topological polar surface area (TPSA) is 55.7 Å². The zero-order valence-corrected chi connectivity index (χ0v) is 18.6. The van der Waals surface area contributed by atoms with Gasteiger partial charge in [0.25, 0.3) is 0 Å². The molecule has 4 aromatic rings. The van der Waals surface area contributed by atoms with Crippen LogP contribution in [0, 0.1) is 0 Å². The number of anilines is 1. The highest BCUT2D eigenvalue weighted by molar-refractivity contribution is 7.10. The second-order valence-electron chi connectivity index (χ2n) is 7.47. The number of thiophene rings is 1. The van der Waals surface area contributed by atoms with Crippen LogP contribution in [0.5, 0.6) is 11.5 Å². The summed E-state index contributed by atoms with van der Waals surface area (Å²) in [6.45, 7) is 0.471. The molecule has 32 heavy (non-hydrogen) atoms. The summed E-state index contributed by atoms with van der Waals surface area (Å²) in [5.74, 6) is 1.22. The maximum Gasteiger partial charge on any atom is 0.323 e. The molecule has 2 aromatic carbocycles. The summed E-state index contributed by atoms with van der Waals surface area (Å²) in [6, 6.07) is 21.3. The highest BCUT2D eigenvalue weighted by Crippen LogP contribution is 2.39. The van der Waals surface area contributed by atoms with Crippen molar-refractivity contribution in [1.82, 2.24) is 9.47 Å². The number of hydrogen-bond acceptors (Lipinski definition) is 4. The SMILES string of the molecule is COc1ccc(OC)c(NC(=O)N2Cc3ccccc3-n3cccc3[C@@H]2c2cccs2)c1. The first-order valence-corrected chi connectivity index (χ1v) is 11.2. The molecule has 1 N–H and O–H groups in total. The van der Waals surface area contributed by atoms with E-state index in [1.165, 1.54) is 0 Å². The van der Waals surface area contributed by atoms with Gasteiger partial charge in [0.15, 0.2) is 0 Å². The number of carbonyl (C=O) groups excluding carboxylic acids is 1. The number of para-hydroxylation sites is 1. The van der Waals surface area contributed by atoms with E-state index in [1.807, 2.05) is 34.5 Å². The van der Waals surface area contributed by atoms with Crippen molar-refractivity contribution in [1.29, 1.82) is 0 Å². The highest BCUT2D eigenvalue weighted by Gasteiger charge is 2.33.